The number of nitrogens with one attached hydrogen (secondary N) is 2. The summed E-state index contributed by atoms with van der Waals surface area (Å²) >= 11 is 0. The van der Waals surface area contributed by atoms with Crippen LogP contribution in [-0.4, -0.2) is 42.3 Å². The number of carboxylic acid groups (broad SMARTS) is 1. The van der Waals surface area contributed by atoms with Crippen molar-refractivity contribution < 1.29 is 24.2 Å². The van der Waals surface area contributed by atoms with E-state index in [4.69, 9.17) is 4.74 Å². The Morgan fingerprint density at radius 1 is 1.00 bits per heavy atom. The molecule has 0 radical (unpaired) electrons. The Bertz CT molecular complexity index is 1060. The van der Waals surface area contributed by atoms with E-state index in [1.807, 2.05) is 36.4 Å². The van der Waals surface area contributed by atoms with Crippen LogP contribution in [0.25, 0.3) is 11.1 Å². The van der Waals surface area contributed by atoms with E-state index >= 15 is 0 Å². The lowest BCUT2D eigenvalue weighted by molar-refractivity contribution is -0.140. The summed E-state index contributed by atoms with van der Waals surface area (Å²) in [7, 11) is 0. The molecule has 3 aliphatic rings. The molecule has 0 heterocycles. The second kappa shape index (κ2) is 9.12. The molecule has 7 nitrogen and oxygen atoms in total. The number of amides is 2. The van der Waals surface area contributed by atoms with Crippen molar-refractivity contribution in [1.29, 1.82) is 0 Å². The average molecular weight is 463 g/mol. The first-order chi connectivity index (χ1) is 16.4. The highest BCUT2D eigenvalue weighted by atomic mass is 16.5. The summed E-state index contributed by atoms with van der Waals surface area (Å²) in [5.74, 6) is -1.31. The molecule has 3 aliphatic carbocycles. The van der Waals surface area contributed by atoms with E-state index < -0.39 is 30.4 Å². The molecule has 5 rings (SSSR count). The van der Waals surface area contributed by atoms with Gasteiger partial charge in [-0.2, -0.15) is 0 Å². The minimum Gasteiger partial charge on any atom is -0.481 e. The molecule has 34 heavy (non-hydrogen) atoms. The van der Waals surface area contributed by atoms with Gasteiger partial charge in [0.05, 0.1) is 6.42 Å². The molecular weight excluding hydrogens is 432 g/mol. The van der Waals surface area contributed by atoms with Crippen molar-refractivity contribution in [3.8, 4) is 11.1 Å². The number of hydrogen-bond acceptors (Lipinski definition) is 4. The molecule has 2 amide bonds. The maximum Gasteiger partial charge on any atom is 0.407 e. The van der Waals surface area contributed by atoms with E-state index in [1.54, 1.807) is 0 Å². The largest absolute Gasteiger partial charge is 0.481 e. The molecule has 2 aromatic carbocycles. The van der Waals surface area contributed by atoms with Crippen molar-refractivity contribution >= 4 is 18.0 Å². The predicted octanol–water partition coefficient (Wildman–Crippen LogP) is 4.06. The van der Waals surface area contributed by atoms with E-state index in [0.717, 1.165) is 35.1 Å². The van der Waals surface area contributed by atoms with Gasteiger partial charge in [0.25, 0.3) is 0 Å². The number of rotatable bonds is 8. The predicted molar refractivity (Wildman–Crippen MR) is 126 cm³/mol. The lowest BCUT2D eigenvalue weighted by Gasteiger charge is -2.54. The summed E-state index contributed by atoms with van der Waals surface area (Å²) < 4.78 is 5.49. The molecule has 178 valence electrons. The van der Waals surface area contributed by atoms with E-state index in [9.17, 15) is 19.5 Å². The number of aliphatic carboxylic acids is 1. The molecule has 7 heteroatoms. The van der Waals surface area contributed by atoms with Gasteiger partial charge in [0.1, 0.15) is 12.6 Å². The highest BCUT2D eigenvalue weighted by Gasteiger charge is 2.47. The maximum absolute atomic E-state index is 12.6. The van der Waals surface area contributed by atoms with Gasteiger partial charge in [0.2, 0.25) is 5.91 Å². The average Bonchev–Trinajstić information content (AvgIpc) is 3.08. The van der Waals surface area contributed by atoms with E-state index in [1.165, 1.54) is 19.3 Å². The molecule has 2 saturated carbocycles. The smallest absolute Gasteiger partial charge is 0.407 e. The van der Waals surface area contributed by atoms with Gasteiger partial charge in [-0.05, 0) is 59.3 Å². The van der Waals surface area contributed by atoms with Crippen LogP contribution in [0.4, 0.5) is 4.79 Å². The number of carbonyl (C=O) groups is 3. The standard InChI is InChI=1S/C27H30N2O5/c30-24(31)12-23(25(32)28-15-17-13-27(14-17)10-5-11-27)29-26(33)34-16-22-20-8-3-1-6-18(20)19-7-2-4-9-21(19)22/h1-4,6-9,17,22-23H,5,10-16H2,(H,28,32)(H,29,33)(H,30,31). The van der Waals surface area contributed by atoms with Gasteiger partial charge < -0.3 is 20.5 Å². The Morgan fingerprint density at radius 2 is 1.62 bits per heavy atom. The van der Waals surface area contributed by atoms with E-state index in [2.05, 4.69) is 22.8 Å². The quantitative estimate of drug-likeness (QED) is 0.549. The molecule has 0 aromatic heterocycles. The van der Waals surface area contributed by atoms with Crippen molar-refractivity contribution in [2.45, 2.75) is 50.5 Å². The Morgan fingerprint density at radius 3 is 2.18 bits per heavy atom. The number of hydrogen-bond donors (Lipinski definition) is 3. The fourth-order valence-electron chi connectivity index (χ4n) is 5.93. The van der Waals surface area contributed by atoms with Gasteiger partial charge in [0.15, 0.2) is 0 Å². The molecule has 0 bridgehead atoms. The third-order valence-electron chi connectivity index (χ3n) is 7.75. The molecule has 1 spiro atoms. The molecule has 1 atom stereocenters. The van der Waals surface area contributed by atoms with Crippen molar-refractivity contribution in [2.24, 2.45) is 11.3 Å². The fourth-order valence-corrected chi connectivity index (χ4v) is 5.93. The Balaban J connectivity index is 1.16. The molecule has 0 aliphatic heterocycles. The summed E-state index contributed by atoms with van der Waals surface area (Å²) in [6, 6.07) is 14.9. The third-order valence-corrected chi connectivity index (χ3v) is 7.75. The van der Waals surface area contributed by atoms with Gasteiger partial charge in [-0.3, -0.25) is 9.59 Å². The van der Waals surface area contributed by atoms with Crippen LogP contribution in [-0.2, 0) is 14.3 Å². The topological polar surface area (TPSA) is 105 Å². The minimum atomic E-state index is -1.18. The van der Waals surface area contributed by atoms with Gasteiger partial charge in [-0.15, -0.1) is 0 Å². The summed E-state index contributed by atoms with van der Waals surface area (Å²) in [6.45, 7) is 0.620. The molecule has 2 aromatic rings. The van der Waals surface area contributed by atoms with Crippen molar-refractivity contribution in [3.05, 3.63) is 59.7 Å². The Labute approximate surface area is 198 Å². The summed E-state index contributed by atoms with van der Waals surface area (Å²) in [5, 5.41) is 14.5. The van der Waals surface area contributed by atoms with Crippen molar-refractivity contribution in [3.63, 3.8) is 0 Å². The van der Waals surface area contributed by atoms with Gasteiger partial charge >= 0.3 is 12.1 Å². The SMILES string of the molecule is O=C(O)CC(NC(=O)OCC1c2ccccc2-c2ccccc21)C(=O)NCC1CC2(CCC2)C1. The molecule has 2 fully saturated rings. The third kappa shape index (κ3) is 4.39. The van der Waals surface area contributed by atoms with Crippen LogP contribution in [0.1, 0.15) is 55.6 Å². The van der Waals surface area contributed by atoms with Crippen molar-refractivity contribution in [1.82, 2.24) is 10.6 Å². The van der Waals surface area contributed by atoms with Crippen LogP contribution in [0.5, 0.6) is 0 Å². The lowest BCUT2D eigenvalue weighted by Crippen LogP contribution is -2.51. The summed E-state index contributed by atoms with van der Waals surface area (Å²) in [5.41, 5.74) is 4.92. The van der Waals surface area contributed by atoms with Crippen LogP contribution < -0.4 is 10.6 Å². The monoisotopic (exact) mass is 462 g/mol. The number of benzene rings is 2. The summed E-state index contributed by atoms with van der Waals surface area (Å²) in [6.07, 6.45) is 4.81. The zero-order valence-electron chi connectivity index (χ0n) is 19.1. The second-order valence-corrected chi connectivity index (χ2v) is 9.99. The van der Waals surface area contributed by atoms with Crippen LogP contribution >= 0.6 is 0 Å². The molecule has 1 unspecified atom stereocenters. The van der Waals surface area contributed by atoms with Gasteiger partial charge in [-0.25, -0.2) is 4.79 Å². The maximum atomic E-state index is 12.6. The zero-order valence-corrected chi connectivity index (χ0v) is 19.1. The molecular formula is C27H30N2O5. The van der Waals surface area contributed by atoms with Gasteiger partial charge in [0, 0.05) is 12.5 Å². The van der Waals surface area contributed by atoms with Crippen LogP contribution in [0.2, 0.25) is 0 Å². The number of carbonyl (C=O) groups excluding carboxylic acids is 2. The molecule has 3 N–H and O–H groups in total. The minimum absolute atomic E-state index is 0.103. The van der Waals surface area contributed by atoms with Gasteiger partial charge in [-0.1, -0.05) is 55.0 Å². The van der Waals surface area contributed by atoms with Crippen LogP contribution in [0, 0.1) is 11.3 Å². The molecule has 0 saturated heterocycles. The first-order valence-corrected chi connectivity index (χ1v) is 12.1. The second-order valence-electron chi connectivity index (χ2n) is 9.99. The first-order valence-electron chi connectivity index (χ1n) is 12.1. The highest BCUT2D eigenvalue weighted by Crippen LogP contribution is 2.58. The Kier molecular flexibility index (Phi) is 6.02. The van der Waals surface area contributed by atoms with E-state index in [0.29, 0.717) is 17.9 Å². The van der Waals surface area contributed by atoms with Crippen molar-refractivity contribution in [2.75, 3.05) is 13.2 Å². The highest BCUT2D eigenvalue weighted by molar-refractivity contribution is 5.89. The Hall–Kier alpha value is -3.35. The number of carboxylic acids is 1. The lowest BCUT2D eigenvalue weighted by atomic mass is 9.52. The summed E-state index contributed by atoms with van der Waals surface area (Å²) in [4.78, 5) is 36.5. The number of alkyl carbamates (subject to hydrolysis) is 1. The number of ether oxygens (including phenoxy) is 1. The first kappa shape index (κ1) is 22.4. The number of fused-ring (bicyclic) bond motifs is 3. The zero-order chi connectivity index (χ0) is 23.7. The van der Waals surface area contributed by atoms with Crippen LogP contribution in [0.3, 0.4) is 0 Å². The normalized spacial score (nSPS) is 18.7. The van der Waals surface area contributed by atoms with E-state index in [-0.39, 0.29) is 12.5 Å². The van der Waals surface area contributed by atoms with Crippen LogP contribution in [0.15, 0.2) is 48.5 Å². The fraction of sp³-hybridized carbons (Fsp3) is 0.444.